The Balaban J connectivity index is 1.73. The molecular formula is C15H20F2N2O2. The maximum Gasteiger partial charge on any atom is 0.220 e. The van der Waals surface area contributed by atoms with Gasteiger partial charge in [0.05, 0.1) is 12.7 Å². The molecule has 0 saturated carbocycles. The zero-order valence-corrected chi connectivity index (χ0v) is 12.1. The van der Waals surface area contributed by atoms with Crippen LogP contribution in [0, 0.1) is 11.6 Å². The monoisotopic (exact) mass is 298 g/mol. The van der Waals surface area contributed by atoms with Crippen LogP contribution in [0.4, 0.5) is 8.78 Å². The van der Waals surface area contributed by atoms with E-state index in [2.05, 4.69) is 10.2 Å². The van der Waals surface area contributed by atoms with Crippen molar-refractivity contribution in [1.29, 1.82) is 0 Å². The summed E-state index contributed by atoms with van der Waals surface area (Å²) in [4.78, 5) is 13.9. The minimum atomic E-state index is -0.495. The number of nitrogens with zero attached hydrogens (tertiary/aromatic N) is 1. The van der Waals surface area contributed by atoms with Crippen LogP contribution in [-0.4, -0.2) is 50.2 Å². The van der Waals surface area contributed by atoms with E-state index in [0.717, 1.165) is 31.3 Å². The summed E-state index contributed by atoms with van der Waals surface area (Å²) in [6, 6.07) is 3.27. The fourth-order valence-corrected chi connectivity index (χ4v) is 2.29. The normalized spacial score (nSPS) is 19.5. The van der Waals surface area contributed by atoms with Crippen molar-refractivity contribution in [2.24, 2.45) is 0 Å². The van der Waals surface area contributed by atoms with E-state index in [9.17, 15) is 13.6 Å². The van der Waals surface area contributed by atoms with Crippen molar-refractivity contribution in [3.05, 3.63) is 35.4 Å². The van der Waals surface area contributed by atoms with Gasteiger partial charge in [-0.25, -0.2) is 8.78 Å². The second-order valence-electron chi connectivity index (χ2n) is 5.29. The maximum atomic E-state index is 13.4. The average Bonchev–Trinajstić information content (AvgIpc) is 2.46. The fraction of sp³-hybridized carbons (Fsp3) is 0.533. The predicted octanol–water partition coefficient (Wildman–Crippen LogP) is 1.34. The molecule has 0 spiro atoms. The van der Waals surface area contributed by atoms with E-state index in [1.54, 1.807) is 0 Å². The molecule has 2 rings (SSSR count). The lowest BCUT2D eigenvalue weighted by Gasteiger charge is -2.30. The minimum Gasteiger partial charge on any atom is -0.374 e. The Bertz CT molecular complexity index is 497. The van der Waals surface area contributed by atoms with Gasteiger partial charge in [-0.15, -0.1) is 0 Å². The minimum absolute atomic E-state index is 0.0152. The lowest BCUT2D eigenvalue weighted by molar-refractivity contribution is -0.122. The molecule has 1 aliphatic rings. The van der Waals surface area contributed by atoms with E-state index >= 15 is 0 Å². The van der Waals surface area contributed by atoms with Gasteiger partial charge in [0.1, 0.15) is 11.6 Å². The zero-order chi connectivity index (χ0) is 15.2. The lowest BCUT2D eigenvalue weighted by Crippen LogP contribution is -2.45. The third kappa shape index (κ3) is 5.06. The number of rotatable bonds is 5. The standard InChI is InChI=1S/C15H20F2N2O2/c1-19-6-7-21-13(10-19)9-18-15(20)5-2-11-8-12(16)3-4-14(11)17/h3-4,8,13H,2,5-7,9-10H2,1H3,(H,18,20)/t13-/m1/s1. The van der Waals surface area contributed by atoms with Gasteiger partial charge in [0.25, 0.3) is 0 Å². The van der Waals surface area contributed by atoms with Crippen LogP contribution in [0.5, 0.6) is 0 Å². The Labute approximate surface area is 123 Å². The molecule has 1 atom stereocenters. The highest BCUT2D eigenvalue weighted by Gasteiger charge is 2.18. The molecule has 1 aliphatic heterocycles. The van der Waals surface area contributed by atoms with E-state index < -0.39 is 11.6 Å². The van der Waals surface area contributed by atoms with Crippen molar-refractivity contribution in [3.63, 3.8) is 0 Å². The summed E-state index contributed by atoms with van der Waals surface area (Å²) in [6.45, 7) is 2.77. The molecule has 1 aromatic carbocycles. The van der Waals surface area contributed by atoms with E-state index in [0.29, 0.717) is 13.2 Å². The molecule has 0 aromatic heterocycles. The predicted molar refractivity (Wildman–Crippen MR) is 74.9 cm³/mol. The lowest BCUT2D eigenvalue weighted by atomic mass is 10.1. The van der Waals surface area contributed by atoms with Crippen LogP contribution in [-0.2, 0) is 16.0 Å². The van der Waals surface area contributed by atoms with Crippen LogP contribution in [0.3, 0.4) is 0 Å². The molecule has 1 amide bonds. The number of carbonyl (C=O) groups is 1. The number of benzene rings is 1. The molecule has 0 unspecified atom stereocenters. The summed E-state index contributed by atoms with van der Waals surface area (Å²) in [5.74, 6) is -1.16. The number of likely N-dealkylation sites (N-methyl/N-ethyl adjacent to an activating group) is 1. The van der Waals surface area contributed by atoms with Crippen molar-refractivity contribution in [1.82, 2.24) is 10.2 Å². The van der Waals surface area contributed by atoms with Gasteiger partial charge in [0.2, 0.25) is 5.91 Å². The largest absolute Gasteiger partial charge is 0.374 e. The van der Waals surface area contributed by atoms with Gasteiger partial charge < -0.3 is 15.0 Å². The first-order chi connectivity index (χ1) is 10.0. The summed E-state index contributed by atoms with van der Waals surface area (Å²) in [7, 11) is 2.00. The summed E-state index contributed by atoms with van der Waals surface area (Å²) in [5.41, 5.74) is 0.221. The van der Waals surface area contributed by atoms with Gasteiger partial charge >= 0.3 is 0 Å². The first kappa shape index (κ1) is 15.9. The van der Waals surface area contributed by atoms with Gasteiger partial charge in [0, 0.05) is 26.1 Å². The van der Waals surface area contributed by atoms with Crippen LogP contribution in [0.15, 0.2) is 18.2 Å². The number of nitrogens with one attached hydrogen (secondary N) is 1. The van der Waals surface area contributed by atoms with Crippen LogP contribution in [0.2, 0.25) is 0 Å². The van der Waals surface area contributed by atoms with Gasteiger partial charge in [-0.3, -0.25) is 4.79 Å². The molecule has 0 aliphatic carbocycles. The number of hydrogen-bond donors (Lipinski definition) is 1. The Morgan fingerprint density at radius 2 is 2.29 bits per heavy atom. The van der Waals surface area contributed by atoms with Crippen molar-refractivity contribution in [2.75, 3.05) is 33.3 Å². The van der Waals surface area contributed by atoms with E-state index in [4.69, 9.17) is 4.74 Å². The number of amides is 1. The van der Waals surface area contributed by atoms with E-state index in [1.807, 2.05) is 7.05 Å². The Hall–Kier alpha value is -1.53. The number of carbonyl (C=O) groups excluding carboxylic acids is 1. The number of halogens is 2. The number of hydrogen-bond acceptors (Lipinski definition) is 3. The van der Waals surface area contributed by atoms with Gasteiger partial charge in [-0.05, 0) is 37.2 Å². The molecule has 1 saturated heterocycles. The topological polar surface area (TPSA) is 41.6 Å². The molecule has 116 valence electrons. The summed E-state index contributed by atoms with van der Waals surface area (Å²) in [6.07, 6.45) is 0.294. The highest BCUT2D eigenvalue weighted by molar-refractivity contribution is 5.76. The van der Waals surface area contributed by atoms with Gasteiger partial charge in [-0.1, -0.05) is 0 Å². The fourth-order valence-electron chi connectivity index (χ4n) is 2.29. The molecule has 0 radical (unpaired) electrons. The molecule has 1 fully saturated rings. The highest BCUT2D eigenvalue weighted by atomic mass is 19.1. The molecule has 1 aromatic rings. The van der Waals surface area contributed by atoms with Crippen LogP contribution < -0.4 is 5.32 Å². The maximum absolute atomic E-state index is 13.4. The third-order valence-electron chi connectivity index (χ3n) is 3.50. The zero-order valence-electron chi connectivity index (χ0n) is 12.1. The molecule has 6 heteroatoms. The van der Waals surface area contributed by atoms with Crippen molar-refractivity contribution in [3.8, 4) is 0 Å². The van der Waals surface area contributed by atoms with Gasteiger partial charge in [-0.2, -0.15) is 0 Å². The van der Waals surface area contributed by atoms with Crippen molar-refractivity contribution in [2.45, 2.75) is 18.9 Å². The quantitative estimate of drug-likeness (QED) is 0.892. The summed E-state index contributed by atoms with van der Waals surface area (Å²) in [5, 5.41) is 2.77. The molecule has 1 heterocycles. The smallest absolute Gasteiger partial charge is 0.220 e. The SMILES string of the molecule is CN1CCO[C@H](CNC(=O)CCc2cc(F)ccc2F)C1. The molecule has 21 heavy (non-hydrogen) atoms. The number of morpholine rings is 1. The first-order valence-corrected chi connectivity index (χ1v) is 7.05. The van der Waals surface area contributed by atoms with Crippen molar-refractivity contribution < 1.29 is 18.3 Å². The molecule has 1 N–H and O–H groups in total. The van der Waals surface area contributed by atoms with Crippen LogP contribution in [0.25, 0.3) is 0 Å². The average molecular weight is 298 g/mol. The molecule has 0 bridgehead atoms. The molecule has 4 nitrogen and oxygen atoms in total. The Morgan fingerprint density at radius 1 is 1.48 bits per heavy atom. The second kappa shape index (κ2) is 7.47. The number of aryl methyl sites for hydroxylation is 1. The van der Waals surface area contributed by atoms with Gasteiger partial charge in [0.15, 0.2) is 0 Å². The van der Waals surface area contributed by atoms with E-state index in [-0.39, 0.29) is 30.4 Å². The van der Waals surface area contributed by atoms with Crippen LogP contribution in [0.1, 0.15) is 12.0 Å². The highest BCUT2D eigenvalue weighted by Crippen LogP contribution is 2.11. The molecular weight excluding hydrogens is 278 g/mol. The third-order valence-corrected chi connectivity index (χ3v) is 3.50. The Kier molecular flexibility index (Phi) is 5.64. The van der Waals surface area contributed by atoms with E-state index in [1.165, 1.54) is 0 Å². The summed E-state index contributed by atoms with van der Waals surface area (Å²) < 4.78 is 32.0. The first-order valence-electron chi connectivity index (χ1n) is 7.05. The number of ether oxygens (including phenoxy) is 1. The van der Waals surface area contributed by atoms with Crippen LogP contribution >= 0.6 is 0 Å². The second-order valence-corrected chi connectivity index (χ2v) is 5.29. The summed E-state index contributed by atoms with van der Waals surface area (Å²) >= 11 is 0. The van der Waals surface area contributed by atoms with Crippen molar-refractivity contribution >= 4 is 5.91 Å². The Morgan fingerprint density at radius 3 is 3.05 bits per heavy atom.